The van der Waals surface area contributed by atoms with Crippen molar-refractivity contribution in [2.45, 2.75) is 6.54 Å². The number of carboxylic acids is 1. The number of hydrogen-bond acceptors (Lipinski definition) is 4. The maximum Gasteiger partial charge on any atom is 0.337 e. The molecule has 0 radical (unpaired) electrons. The Kier molecular flexibility index (Phi) is 4.83. The summed E-state index contributed by atoms with van der Waals surface area (Å²) < 4.78 is 0.616. The molecular formula is C13H11BrN4O3. The Hall–Kier alpha value is -2.48. The normalized spacial score (nSPS) is 9.95. The number of carboxylic acid groups (broad SMARTS) is 1. The summed E-state index contributed by atoms with van der Waals surface area (Å²) in [6.45, 7) is 0.193. The first-order chi connectivity index (χ1) is 10.1. The lowest BCUT2D eigenvalue weighted by atomic mass is 10.2. The third kappa shape index (κ3) is 4.25. The molecule has 1 aromatic heterocycles. The highest BCUT2D eigenvalue weighted by Crippen LogP contribution is 2.21. The number of urea groups is 1. The topological polar surface area (TPSA) is 104 Å². The number of amides is 2. The summed E-state index contributed by atoms with van der Waals surface area (Å²) >= 11 is 3.19. The third-order valence-corrected chi connectivity index (χ3v) is 3.01. The van der Waals surface area contributed by atoms with E-state index in [0.717, 1.165) is 0 Å². The summed E-state index contributed by atoms with van der Waals surface area (Å²) in [5, 5.41) is 21.7. The second-order valence-electron chi connectivity index (χ2n) is 4.02. The van der Waals surface area contributed by atoms with Gasteiger partial charge in [-0.3, -0.25) is 0 Å². The van der Waals surface area contributed by atoms with Gasteiger partial charge in [0.05, 0.1) is 23.5 Å². The number of nitrogens with zero attached hydrogens (tertiary/aromatic N) is 2. The van der Waals surface area contributed by atoms with E-state index in [1.54, 1.807) is 18.2 Å². The highest BCUT2D eigenvalue weighted by Gasteiger charge is 2.12. The van der Waals surface area contributed by atoms with Crippen LogP contribution in [0.15, 0.2) is 41.0 Å². The van der Waals surface area contributed by atoms with Crippen molar-refractivity contribution in [2.24, 2.45) is 0 Å². The molecule has 0 saturated carbocycles. The van der Waals surface area contributed by atoms with Crippen molar-refractivity contribution >= 4 is 33.6 Å². The maximum absolute atomic E-state index is 11.8. The van der Waals surface area contributed by atoms with Crippen molar-refractivity contribution in [1.82, 2.24) is 15.5 Å². The number of carbonyl (C=O) groups is 2. The lowest BCUT2D eigenvalue weighted by Crippen LogP contribution is -2.29. The summed E-state index contributed by atoms with van der Waals surface area (Å²) in [5.74, 6) is -1.12. The average molecular weight is 351 g/mol. The van der Waals surface area contributed by atoms with Gasteiger partial charge in [-0.15, -0.1) is 0 Å². The summed E-state index contributed by atoms with van der Waals surface area (Å²) in [4.78, 5) is 22.9. The molecule has 0 unspecified atom stereocenters. The molecule has 2 rings (SSSR count). The first kappa shape index (κ1) is 14.9. The summed E-state index contributed by atoms with van der Waals surface area (Å²) in [5.41, 5.74) is 0.809. The van der Waals surface area contributed by atoms with Crippen molar-refractivity contribution in [3.05, 3.63) is 52.3 Å². The van der Waals surface area contributed by atoms with Crippen LogP contribution in [0.2, 0.25) is 0 Å². The van der Waals surface area contributed by atoms with E-state index >= 15 is 0 Å². The van der Waals surface area contributed by atoms with Gasteiger partial charge in [0.2, 0.25) is 0 Å². The summed E-state index contributed by atoms with van der Waals surface area (Å²) in [7, 11) is 0. The lowest BCUT2D eigenvalue weighted by Gasteiger charge is -2.10. The van der Waals surface area contributed by atoms with Crippen LogP contribution >= 0.6 is 15.9 Å². The number of carbonyl (C=O) groups excluding carboxylic acids is 1. The van der Waals surface area contributed by atoms with Gasteiger partial charge >= 0.3 is 12.0 Å². The van der Waals surface area contributed by atoms with Crippen molar-refractivity contribution < 1.29 is 14.7 Å². The fourth-order valence-corrected chi connectivity index (χ4v) is 1.93. The lowest BCUT2D eigenvalue weighted by molar-refractivity contribution is 0.0698. The van der Waals surface area contributed by atoms with Gasteiger partial charge in [-0.1, -0.05) is 15.9 Å². The Morgan fingerprint density at radius 2 is 2.10 bits per heavy atom. The maximum atomic E-state index is 11.8. The molecule has 0 atom stereocenters. The van der Waals surface area contributed by atoms with Gasteiger partial charge < -0.3 is 15.7 Å². The van der Waals surface area contributed by atoms with E-state index < -0.39 is 12.0 Å². The Morgan fingerprint density at radius 3 is 2.76 bits per heavy atom. The van der Waals surface area contributed by atoms with E-state index in [1.165, 1.54) is 18.3 Å². The molecule has 21 heavy (non-hydrogen) atoms. The third-order valence-electron chi connectivity index (χ3n) is 2.52. The van der Waals surface area contributed by atoms with Gasteiger partial charge in [-0.25, -0.2) is 9.59 Å². The monoisotopic (exact) mass is 350 g/mol. The second kappa shape index (κ2) is 6.80. The minimum atomic E-state index is -1.12. The van der Waals surface area contributed by atoms with Gasteiger partial charge in [-0.05, 0) is 30.3 Å². The van der Waals surface area contributed by atoms with Crippen LogP contribution in [-0.2, 0) is 6.54 Å². The average Bonchev–Trinajstić information content (AvgIpc) is 2.48. The van der Waals surface area contributed by atoms with E-state index in [1.807, 2.05) is 0 Å². The van der Waals surface area contributed by atoms with E-state index in [2.05, 4.69) is 36.8 Å². The number of aromatic nitrogens is 2. The molecule has 0 aliphatic heterocycles. The number of nitrogens with one attached hydrogen (secondary N) is 2. The molecule has 2 amide bonds. The highest BCUT2D eigenvalue weighted by atomic mass is 79.9. The number of rotatable bonds is 4. The Balaban J connectivity index is 2.01. The standard InChI is InChI=1S/C13H11BrN4O3/c14-8-3-4-11(10(6-8)12(19)20)17-13(21)15-7-9-2-1-5-16-18-9/h1-6H,7H2,(H,19,20)(H2,15,17,21). The molecule has 0 aliphatic carbocycles. The van der Waals surface area contributed by atoms with Gasteiger partial charge in [-0.2, -0.15) is 10.2 Å². The molecule has 1 aromatic carbocycles. The largest absolute Gasteiger partial charge is 0.478 e. The zero-order chi connectivity index (χ0) is 15.2. The molecule has 0 aliphatic rings. The second-order valence-corrected chi connectivity index (χ2v) is 4.93. The zero-order valence-corrected chi connectivity index (χ0v) is 12.3. The predicted molar refractivity (Wildman–Crippen MR) is 79.0 cm³/mol. The molecule has 0 saturated heterocycles. The Labute approximate surface area is 128 Å². The molecule has 108 valence electrons. The van der Waals surface area contributed by atoms with Crippen LogP contribution < -0.4 is 10.6 Å². The zero-order valence-electron chi connectivity index (χ0n) is 10.7. The van der Waals surface area contributed by atoms with Crippen LogP contribution in [0, 0.1) is 0 Å². The Morgan fingerprint density at radius 1 is 1.29 bits per heavy atom. The van der Waals surface area contributed by atoms with Gasteiger partial charge in [0.25, 0.3) is 0 Å². The fourth-order valence-electron chi connectivity index (χ4n) is 1.57. The first-order valence-electron chi connectivity index (χ1n) is 5.90. The molecule has 7 nitrogen and oxygen atoms in total. The minimum absolute atomic E-state index is 0.000900. The number of aromatic carboxylic acids is 1. The van der Waals surface area contributed by atoms with Gasteiger partial charge in [0, 0.05) is 10.7 Å². The number of anilines is 1. The molecule has 0 spiro atoms. The van der Waals surface area contributed by atoms with E-state index in [-0.39, 0.29) is 17.8 Å². The summed E-state index contributed by atoms with van der Waals surface area (Å²) in [6.07, 6.45) is 1.53. The predicted octanol–water partition coefficient (Wildman–Crippen LogP) is 2.26. The van der Waals surface area contributed by atoms with Crippen LogP contribution in [-0.4, -0.2) is 27.3 Å². The van der Waals surface area contributed by atoms with Crippen molar-refractivity contribution in [3.63, 3.8) is 0 Å². The van der Waals surface area contributed by atoms with Crippen LogP contribution in [0.5, 0.6) is 0 Å². The quantitative estimate of drug-likeness (QED) is 0.784. The van der Waals surface area contributed by atoms with Crippen molar-refractivity contribution in [2.75, 3.05) is 5.32 Å². The smallest absolute Gasteiger partial charge is 0.337 e. The summed E-state index contributed by atoms with van der Waals surface area (Å²) in [6, 6.07) is 7.47. The number of benzene rings is 1. The van der Waals surface area contributed by atoms with E-state index in [9.17, 15) is 9.59 Å². The van der Waals surface area contributed by atoms with Crippen molar-refractivity contribution in [1.29, 1.82) is 0 Å². The highest BCUT2D eigenvalue weighted by molar-refractivity contribution is 9.10. The SMILES string of the molecule is O=C(NCc1cccnn1)Nc1ccc(Br)cc1C(=O)O. The fraction of sp³-hybridized carbons (Fsp3) is 0.0769. The van der Waals surface area contributed by atoms with Crippen LogP contribution in [0.1, 0.15) is 16.1 Å². The van der Waals surface area contributed by atoms with Crippen LogP contribution in [0.25, 0.3) is 0 Å². The molecular weight excluding hydrogens is 340 g/mol. The number of hydrogen-bond donors (Lipinski definition) is 3. The number of halogens is 1. The van der Waals surface area contributed by atoms with Gasteiger partial charge in [0.1, 0.15) is 0 Å². The van der Waals surface area contributed by atoms with Crippen LogP contribution in [0.4, 0.5) is 10.5 Å². The molecule has 8 heteroatoms. The molecule has 0 fully saturated rings. The minimum Gasteiger partial charge on any atom is -0.478 e. The van der Waals surface area contributed by atoms with E-state index in [4.69, 9.17) is 5.11 Å². The Bertz CT molecular complexity index is 664. The van der Waals surface area contributed by atoms with Gasteiger partial charge in [0.15, 0.2) is 0 Å². The molecule has 1 heterocycles. The molecule has 3 N–H and O–H groups in total. The molecule has 2 aromatic rings. The van der Waals surface area contributed by atoms with Crippen LogP contribution in [0.3, 0.4) is 0 Å². The first-order valence-corrected chi connectivity index (χ1v) is 6.70. The van der Waals surface area contributed by atoms with E-state index in [0.29, 0.717) is 10.2 Å². The van der Waals surface area contributed by atoms with Crippen molar-refractivity contribution in [3.8, 4) is 0 Å². The molecule has 0 bridgehead atoms.